The summed E-state index contributed by atoms with van der Waals surface area (Å²) in [6.07, 6.45) is 9.85. The molecule has 0 aliphatic heterocycles. The fourth-order valence-electron chi connectivity index (χ4n) is 1.30. The molecule has 0 aliphatic rings. The highest BCUT2D eigenvalue weighted by atomic mass is 14.9. The van der Waals surface area contributed by atoms with Crippen molar-refractivity contribution in [2.24, 2.45) is 5.92 Å². The average Bonchev–Trinajstić information content (AvgIpc) is 2.08. The van der Waals surface area contributed by atoms with Gasteiger partial charge in [-0.3, -0.25) is 0 Å². The third-order valence-electron chi connectivity index (χ3n) is 2.25. The van der Waals surface area contributed by atoms with E-state index in [-0.39, 0.29) is 5.54 Å². The van der Waals surface area contributed by atoms with Crippen LogP contribution in [0.15, 0.2) is 0 Å². The second-order valence-corrected chi connectivity index (χ2v) is 5.19. The number of hydrogen-bond donors (Lipinski definition) is 1. The molecule has 0 aromatic heterocycles. The molecule has 0 saturated heterocycles. The summed E-state index contributed by atoms with van der Waals surface area (Å²) in [5.41, 5.74) is 0.243. The summed E-state index contributed by atoms with van der Waals surface area (Å²) < 4.78 is 0. The quantitative estimate of drug-likeness (QED) is 0.507. The van der Waals surface area contributed by atoms with Crippen LogP contribution < -0.4 is 5.32 Å². The van der Waals surface area contributed by atoms with Crippen LogP contribution in [0.5, 0.6) is 0 Å². The van der Waals surface area contributed by atoms with Gasteiger partial charge in [-0.2, -0.15) is 0 Å². The Morgan fingerprint density at radius 1 is 1.29 bits per heavy atom. The molecule has 0 bridgehead atoms. The molecule has 1 unspecified atom stereocenters. The summed E-state index contributed by atoms with van der Waals surface area (Å²) in [7, 11) is 0. The van der Waals surface area contributed by atoms with E-state index in [2.05, 4.69) is 38.9 Å². The van der Waals surface area contributed by atoms with E-state index in [1.165, 1.54) is 19.3 Å². The summed E-state index contributed by atoms with van der Waals surface area (Å²) >= 11 is 0. The van der Waals surface area contributed by atoms with Crippen LogP contribution in [0.25, 0.3) is 0 Å². The molecule has 0 rings (SSSR count). The molecule has 0 aromatic carbocycles. The van der Waals surface area contributed by atoms with Crippen molar-refractivity contribution < 1.29 is 0 Å². The standard InChI is InChI=1S/C13H25N/c1-6-7-8-9-10-12(2)11-14-13(3,4)5/h1,12,14H,7-11H2,2-5H3. The molecule has 0 heterocycles. The molecule has 1 nitrogen and oxygen atoms in total. The van der Waals surface area contributed by atoms with Gasteiger partial charge in [0.15, 0.2) is 0 Å². The van der Waals surface area contributed by atoms with Gasteiger partial charge in [0.2, 0.25) is 0 Å². The largest absolute Gasteiger partial charge is 0.312 e. The van der Waals surface area contributed by atoms with Crippen molar-refractivity contribution >= 4 is 0 Å². The van der Waals surface area contributed by atoms with Crippen molar-refractivity contribution in [3.8, 4) is 12.3 Å². The SMILES string of the molecule is C#CCCCCC(C)CNC(C)(C)C. The maximum atomic E-state index is 5.20. The van der Waals surface area contributed by atoms with Crippen molar-refractivity contribution in [1.29, 1.82) is 0 Å². The molecular formula is C13H25N. The van der Waals surface area contributed by atoms with Gasteiger partial charge in [-0.1, -0.05) is 13.3 Å². The number of hydrogen-bond acceptors (Lipinski definition) is 1. The Balaban J connectivity index is 3.38. The Hall–Kier alpha value is -0.480. The summed E-state index contributed by atoms with van der Waals surface area (Å²) in [5.74, 6) is 3.44. The minimum Gasteiger partial charge on any atom is -0.312 e. The Kier molecular flexibility index (Phi) is 6.66. The molecule has 82 valence electrons. The minimum absolute atomic E-state index is 0.243. The van der Waals surface area contributed by atoms with Crippen LogP contribution in [-0.4, -0.2) is 12.1 Å². The van der Waals surface area contributed by atoms with Crippen molar-refractivity contribution in [3.63, 3.8) is 0 Å². The Bertz CT molecular complexity index is 171. The molecule has 0 radical (unpaired) electrons. The Morgan fingerprint density at radius 2 is 1.93 bits per heavy atom. The molecule has 1 atom stereocenters. The zero-order chi connectivity index (χ0) is 11.0. The van der Waals surface area contributed by atoms with Gasteiger partial charge in [-0.15, -0.1) is 12.3 Å². The topological polar surface area (TPSA) is 12.0 Å². The predicted molar refractivity (Wildman–Crippen MR) is 64.2 cm³/mol. The van der Waals surface area contributed by atoms with Crippen LogP contribution in [-0.2, 0) is 0 Å². The lowest BCUT2D eigenvalue weighted by Gasteiger charge is -2.23. The highest BCUT2D eigenvalue weighted by Gasteiger charge is 2.10. The molecule has 0 amide bonds. The molecule has 0 saturated carbocycles. The van der Waals surface area contributed by atoms with Gasteiger partial charge in [0.05, 0.1) is 0 Å². The lowest BCUT2D eigenvalue weighted by Crippen LogP contribution is -2.38. The Morgan fingerprint density at radius 3 is 2.43 bits per heavy atom. The number of rotatable bonds is 6. The maximum Gasteiger partial charge on any atom is 0.00966 e. The van der Waals surface area contributed by atoms with Gasteiger partial charge < -0.3 is 5.32 Å². The summed E-state index contributed by atoms with van der Waals surface area (Å²) in [4.78, 5) is 0. The van der Waals surface area contributed by atoms with Gasteiger partial charge >= 0.3 is 0 Å². The van der Waals surface area contributed by atoms with Gasteiger partial charge in [-0.05, 0) is 46.1 Å². The van der Waals surface area contributed by atoms with Crippen molar-refractivity contribution in [2.45, 2.75) is 58.9 Å². The van der Waals surface area contributed by atoms with Crippen LogP contribution in [0.4, 0.5) is 0 Å². The van der Waals surface area contributed by atoms with Gasteiger partial charge in [0.25, 0.3) is 0 Å². The monoisotopic (exact) mass is 195 g/mol. The second kappa shape index (κ2) is 6.90. The van der Waals surface area contributed by atoms with E-state index in [0.717, 1.165) is 18.9 Å². The number of terminal acetylenes is 1. The van der Waals surface area contributed by atoms with Crippen LogP contribution >= 0.6 is 0 Å². The summed E-state index contributed by atoms with van der Waals surface area (Å²) in [6, 6.07) is 0. The van der Waals surface area contributed by atoms with E-state index >= 15 is 0 Å². The van der Waals surface area contributed by atoms with E-state index in [9.17, 15) is 0 Å². The zero-order valence-corrected chi connectivity index (χ0v) is 10.2. The lowest BCUT2D eigenvalue weighted by atomic mass is 10.0. The first kappa shape index (κ1) is 13.5. The highest BCUT2D eigenvalue weighted by Crippen LogP contribution is 2.09. The fourth-order valence-corrected chi connectivity index (χ4v) is 1.30. The lowest BCUT2D eigenvalue weighted by molar-refractivity contribution is 0.367. The smallest absolute Gasteiger partial charge is 0.00966 e. The minimum atomic E-state index is 0.243. The third-order valence-corrected chi connectivity index (χ3v) is 2.25. The zero-order valence-electron chi connectivity index (χ0n) is 10.2. The third kappa shape index (κ3) is 9.61. The normalized spacial score (nSPS) is 13.6. The van der Waals surface area contributed by atoms with Crippen LogP contribution in [0.2, 0.25) is 0 Å². The molecule has 14 heavy (non-hydrogen) atoms. The van der Waals surface area contributed by atoms with E-state index in [4.69, 9.17) is 6.42 Å². The van der Waals surface area contributed by atoms with Crippen molar-refractivity contribution in [3.05, 3.63) is 0 Å². The maximum absolute atomic E-state index is 5.20. The van der Waals surface area contributed by atoms with Crippen LogP contribution in [0, 0.1) is 18.3 Å². The molecular weight excluding hydrogens is 170 g/mol. The van der Waals surface area contributed by atoms with E-state index in [0.29, 0.717) is 0 Å². The van der Waals surface area contributed by atoms with Crippen molar-refractivity contribution in [1.82, 2.24) is 5.32 Å². The first-order valence-electron chi connectivity index (χ1n) is 5.64. The first-order chi connectivity index (χ1) is 6.45. The number of unbranched alkanes of at least 4 members (excludes halogenated alkanes) is 2. The molecule has 0 aromatic rings. The molecule has 0 fully saturated rings. The molecule has 0 aliphatic carbocycles. The van der Waals surface area contributed by atoms with E-state index in [1.807, 2.05) is 0 Å². The van der Waals surface area contributed by atoms with E-state index < -0.39 is 0 Å². The van der Waals surface area contributed by atoms with Crippen LogP contribution in [0.3, 0.4) is 0 Å². The predicted octanol–water partition coefficient (Wildman–Crippen LogP) is 3.20. The van der Waals surface area contributed by atoms with Gasteiger partial charge in [-0.25, -0.2) is 0 Å². The molecule has 1 heteroatoms. The van der Waals surface area contributed by atoms with Gasteiger partial charge in [0, 0.05) is 12.0 Å². The second-order valence-electron chi connectivity index (χ2n) is 5.19. The van der Waals surface area contributed by atoms with E-state index in [1.54, 1.807) is 0 Å². The van der Waals surface area contributed by atoms with Crippen LogP contribution in [0.1, 0.15) is 53.4 Å². The highest BCUT2D eigenvalue weighted by molar-refractivity contribution is 4.83. The van der Waals surface area contributed by atoms with Crippen molar-refractivity contribution in [2.75, 3.05) is 6.54 Å². The average molecular weight is 195 g/mol. The Labute approximate surface area is 89.7 Å². The molecule has 0 spiro atoms. The van der Waals surface area contributed by atoms with Gasteiger partial charge in [0.1, 0.15) is 0 Å². The first-order valence-corrected chi connectivity index (χ1v) is 5.64. The summed E-state index contributed by atoms with van der Waals surface area (Å²) in [6.45, 7) is 10.0. The number of nitrogens with one attached hydrogen (secondary N) is 1. The fraction of sp³-hybridized carbons (Fsp3) is 0.846. The summed E-state index contributed by atoms with van der Waals surface area (Å²) in [5, 5.41) is 3.52. The molecule has 1 N–H and O–H groups in total.